The molecule has 2 aromatic carbocycles. The average Bonchev–Trinajstić information content (AvgIpc) is 2.46. The highest BCUT2D eigenvalue weighted by Crippen LogP contribution is 2.21. The predicted octanol–water partition coefficient (Wildman–Crippen LogP) is 3.63. The van der Waals surface area contributed by atoms with Crippen LogP contribution in [-0.4, -0.2) is 19.6 Å². The van der Waals surface area contributed by atoms with Crippen LogP contribution in [0, 0.1) is 6.92 Å². The van der Waals surface area contributed by atoms with Gasteiger partial charge in [0, 0.05) is 11.6 Å². The van der Waals surface area contributed by atoms with Gasteiger partial charge in [-0.3, -0.25) is 4.79 Å². The lowest BCUT2D eigenvalue weighted by Gasteiger charge is -2.11. The molecule has 4 heteroatoms. The molecule has 0 atom stereocenters. The standard InChI is InChI=1S/C17H18ClNO2/c1-12-5-3-8-15(21-2)16(12)17(20)19-10-9-13-6-4-7-14(18)11-13/h3-8,11H,9-10H2,1-2H3,(H,19,20). The SMILES string of the molecule is COc1cccc(C)c1C(=O)NCCc1cccc(Cl)c1. The number of amides is 1. The van der Waals surface area contributed by atoms with Gasteiger partial charge in [-0.15, -0.1) is 0 Å². The van der Waals surface area contributed by atoms with Gasteiger partial charge in [-0.25, -0.2) is 0 Å². The van der Waals surface area contributed by atoms with Crippen LogP contribution in [0.5, 0.6) is 5.75 Å². The number of hydrogen-bond acceptors (Lipinski definition) is 2. The molecular weight excluding hydrogens is 286 g/mol. The molecule has 0 aliphatic carbocycles. The van der Waals surface area contributed by atoms with Crippen LogP contribution in [-0.2, 0) is 6.42 Å². The molecule has 21 heavy (non-hydrogen) atoms. The van der Waals surface area contributed by atoms with Gasteiger partial charge in [0.05, 0.1) is 12.7 Å². The maximum Gasteiger partial charge on any atom is 0.255 e. The van der Waals surface area contributed by atoms with E-state index in [0.717, 1.165) is 17.5 Å². The van der Waals surface area contributed by atoms with Gasteiger partial charge in [-0.05, 0) is 42.7 Å². The van der Waals surface area contributed by atoms with Crippen molar-refractivity contribution in [2.24, 2.45) is 0 Å². The number of methoxy groups -OCH3 is 1. The third kappa shape index (κ3) is 3.99. The topological polar surface area (TPSA) is 38.3 Å². The first-order valence-electron chi connectivity index (χ1n) is 6.78. The Morgan fingerprint density at radius 2 is 2.00 bits per heavy atom. The van der Waals surface area contributed by atoms with E-state index >= 15 is 0 Å². The van der Waals surface area contributed by atoms with Crippen molar-refractivity contribution < 1.29 is 9.53 Å². The second-order valence-corrected chi connectivity index (χ2v) is 5.22. The molecule has 2 aromatic rings. The summed E-state index contributed by atoms with van der Waals surface area (Å²) in [7, 11) is 1.57. The Hall–Kier alpha value is -2.00. The lowest BCUT2D eigenvalue weighted by Crippen LogP contribution is -2.26. The summed E-state index contributed by atoms with van der Waals surface area (Å²) in [6.07, 6.45) is 0.737. The molecule has 2 rings (SSSR count). The number of rotatable bonds is 5. The second-order valence-electron chi connectivity index (χ2n) is 4.79. The van der Waals surface area contributed by atoms with Crippen LogP contribution in [0.25, 0.3) is 0 Å². The third-order valence-electron chi connectivity index (χ3n) is 3.27. The van der Waals surface area contributed by atoms with Gasteiger partial charge in [0.2, 0.25) is 0 Å². The first-order valence-corrected chi connectivity index (χ1v) is 7.16. The first kappa shape index (κ1) is 15.4. The molecule has 0 radical (unpaired) electrons. The molecule has 0 saturated carbocycles. The molecule has 0 unspecified atom stereocenters. The van der Waals surface area contributed by atoms with Gasteiger partial charge in [0.15, 0.2) is 0 Å². The van der Waals surface area contributed by atoms with Gasteiger partial charge in [-0.2, -0.15) is 0 Å². The summed E-state index contributed by atoms with van der Waals surface area (Å²) in [5.74, 6) is 0.474. The molecule has 110 valence electrons. The number of hydrogen-bond donors (Lipinski definition) is 1. The lowest BCUT2D eigenvalue weighted by atomic mass is 10.1. The molecule has 0 aromatic heterocycles. The molecular formula is C17H18ClNO2. The van der Waals surface area contributed by atoms with E-state index in [1.807, 2.05) is 43.3 Å². The maximum atomic E-state index is 12.3. The van der Waals surface area contributed by atoms with Crippen LogP contribution in [0.4, 0.5) is 0 Å². The van der Waals surface area contributed by atoms with Crippen LogP contribution in [0.2, 0.25) is 5.02 Å². The van der Waals surface area contributed by atoms with E-state index in [1.165, 1.54) is 0 Å². The highest BCUT2D eigenvalue weighted by Gasteiger charge is 2.14. The fourth-order valence-corrected chi connectivity index (χ4v) is 2.42. The normalized spacial score (nSPS) is 10.2. The zero-order chi connectivity index (χ0) is 15.2. The zero-order valence-corrected chi connectivity index (χ0v) is 12.9. The monoisotopic (exact) mass is 303 g/mol. The van der Waals surface area contributed by atoms with Crippen molar-refractivity contribution in [3.63, 3.8) is 0 Å². The van der Waals surface area contributed by atoms with E-state index in [0.29, 0.717) is 22.9 Å². The van der Waals surface area contributed by atoms with Crippen molar-refractivity contribution in [2.45, 2.75) is 13.3 Å². The van der Waals surface area contributed by atoms with Crippen molar-refractivity contribution >= 4 is 17.5 Å². The average molecular weight is 304 g/mol. The summed E-state index contributed by atoms with van der Waals surface area (Å²) in [5, 5.41) is 3.63. The number of ether oxygens (including phenoxy) is 1. The summed E-state index contributed by atoms with van der Waals surface area (Å²) < 4.78 is 5.25. The third-order valence-corrected chi connectivity index (χ3v) is 3.50. The van der Waals surface area contributed by atoms with Crippen LogP contribution in [0.3, 0.4) is 0 Å². The zero-order valence-electron chi connectivity index (χ0n) is 12.2. The molecule has 0 aliphatic rings. The minimum Gasteiger partial charge on any atom is -0.496 e. The van der Waals surface area contributed by atoms with Gasteiger partial charge in [0.25, 0.3) is 5.91 Å². The number of halogens is 1. The van der Waals surface area contributed by atoms with Gasteiger partial charge in [0.1, 0.15) is 5.75 Å². The second kappa shape index (κ2) is 7.14. The van der Waals surface area contributed by atoms with Gasteiger partial charge < -0.3 is 10.1 Å². The van der Waals surface area contributed by atoms with Crippen LogP contribution < -0.4 is 10.1 Å². The first-order chi connectivity index (χ1) is 10.1. The number of benzene rings is 2. The Kier molecular flexibility index (Phi) is 5.23. The van der Waals surface area contributed by atoms with Crippen LogP contribution in [0.1, 0.15) is 21.5 Å². The Bertz CT molecular complexity index is 640. The Morgan fingerprint density at radius 3 is 2.71 bits per heavy atom. The van der Waals surface area contributed by atoms with E-state index in [-0.39, 0.29) is 5.91 Å². The maximum absolute atomic E-state index is 12.3. The minimum atomic E-state index is -0.119. The summed E-state index contributed by atoms with van der Waals surface area (Å²) in [5.41, 5.74) is 2.58. The molecule has 3 nitrogen and oxygen atoms in total. The van der Waals surface area contributed by atoms with E-state index < -0.39 is 0 Å². The number of carbonyl (C=O) groups excluding carboxylic acids is 1. The lowest BCUT2D eigenvalue weighted by molar-refractivity contribution is 0.0950. The van der Waals surface area contributed by atoms with Gasteiger partial charge in [-0.1, -0.05) is 35.9 Å². The minimum absolute atomic E-state index is 0.119. The van der Waals surface area contributed by atoms with Crippen LogP contribution in [0.15, 0.2) is 42.5 Å². The highest BCUT2D eigenvalue weighted by molar-refractivity contribution is 6.30. The smallest absolute Gasteiger partial charge is 0.255 e. The quantitative estimate of drug-likeness (QED) is 0.916. The van der Waals surface area contributed by atoms with Crippen molar-refractivity contribution in [1.82, 2.24) is 5.32 Å². The summed E-state index contributed by atoms with van der Waals surface area (Å²) >= 11 is 5.94. The molecule has 0 fully saturated rings. The number of carbonyl (C=O) groups is 1. The molecule has 1 amide bonds. The van der Waals surface area contributed by atoms with E-state index in [1.54, 1.807) is 13.2 Å². The molecule has 0 bridgehead atoms. The molecule has 0 aliphatic heterocycles. The van der Waals surface area contributed by atoms with Crippen LogP contribution >= 0.6 is 11.6 Å². The number of nitrogens with one attached hydrogen (secondary N) is 1. The molecule has 1 N–H and O–H groups in total. The van der Waals surface area contributed by atoms with Crippen molar-refractivity contribution in [3.05, 3.63) is 64.2 Å². The van der Waals surface area contributed by atoms with Gasteiger partial charge >= 0.3 is 0 Å². The molecule has 0 heterocycles. The highest BCUT2D eigenvalue weighted by atomic mass is 35.5. The molecule has 0 saturated heterocycles. The van der Waals surface area contributed by atoms with E-state index in [2.05, 4.69) is 5.32 Å². The van der Waals surface area contributed by atoms with Crippen molar-refractivity contribution in [3.8, 4) is 5.75 Å². The Balaban J connectivity index is 1.99. The van der Waals surface area contributed by atoms with Crippen molar-refractivity contribution in [1.29, 1.82) is 0 Å². The fourth-order valence-electron chi connectivity index (χ4n) is 2.20. The van der Waals surface area contributed by atoms with E-state index in [9.17, 15) is 4.79 Å². The summed E-state index contributed by atoms with van der Waals surface area (Å²) in [6, 6.07) is 13.2. The largest absolute Gasteiger partial charge is 0.496 e. The Labute approximate surface area is 129 Å². The fraction of sp³-hybridized carbons (Fsp3) is 0.235. The van der Waals surface area contributed by atoms with E-state index in [4.69, 9.17) is 16.3 Å². The molecule has 0 spiro atoms. The Morgan fingerprint density at radius 1 is 1.24 bits per heavy atom. The summed E-state index contributed by atoms with van der Waals surface area (Å²) in [6.45, 7) is 2.45. The number of aryl methyl sites for hydroxylation is 1. The summed E-state index contributed by atoms with van der Waals surface area (Å²) in [4.78, 5) is 12.3. The van der Waals surface area contributed by atoms with Crippen molar-refractivity contribution in [2.75, 3.05) is 13.7 Å². The predicted molar refractivity (Wildman–Crippen MR) is 85.2 cm³/mol.